The summed E-state index contributed by atoms with van der Waals surface area (Å²) < 4.78 is 27.2. The van der Waals surface area contributed by atoms with Gasteiger partial charge in [-0.15, -0.1) is 11.3 Å². The molecule has 2 N–H and O–H groups in total. The first-order valence-corrected chi connectivity index (χ1v) is 17.8. The molecule has 0 radical (unpaired) electrons. The molecule has 0 unspecified atom stereocenters. The second kappa shape index (κ2) is 11.8. The fraction of sp³-hybridized carbons (Fsp3) is 0.500. The molecule has 2 aliphatic heterocycles. The minimum atomic E-state index is -0.488. The molecule has 1 aliphatic carbocycles. The smallest absolute Gasteiger partial charge is 0.223 e. The number of likely N-dealkylation sites (tertiary alicyclic amines) is 2. The summed E-state index contributed by atoms with van der Waals surface area (Å²) in [6.07, 6.45) is 6.58. The van der Waals surface area contributed by atoms with E-state index in [0.717, 1.165) is 72.0 Å². The maximum Gasteiger partial charge on any atom is 0.223 e. The van der Waals surface area contributed by atoms with Gasteiger partial charge in [0.2, 0.25) is 11.8 Å². The van der Waals surface area contributed by atoms with Gasteiger partial charge in [-0.05, 0) is 83.1 Å². The Morgan fingerprint density at radius 2 is 2.00 bits per heavy atom. The van der Waals surface area contributed by atoms with Crippen molar-refractivity contribution < 1.29 is 13.9 Å². The number of pyridine rings is 2. The Morgan fingerprint density at radius 1 is 1.17 bits per heavy atom. The molecule has 8 rings (SSSR count). The van der Waals surface area contributed by atoms with Crippen LogP contribution in [0.1, 0.15) is 70.7 Å². The second-order valence-corrected chi connectivity index (χ2v) is 14.8. The summed E-state index contributed by atoms with van der Waals surface area (Å²) in [5.41, 5.74) is 11.9. The minimum Gasteiger partial charge on any atom is -0.472 e. The molecule has 1 aromatic carbocycles. The van der Waals surface area contributed by atoms with E-state index in [-0.39, 0.29) is 47.3 Å². The van der Waals surface area contributed by atoms with Crippen LogP contribution in [0.15, 0.2) is 36.0 Å². The zero-order chi connectivity index (χ0) is 32.6. The van der Waals surface area contributed by atoms with Crippen LogP contribution in [0.4, 0.5) is 4.39 Å². The first kappa shape index (κ1) is 30.7. The highest BCUT2D eigenvalue weighted by Gasteiger charge is 2.43. The number of para-hydroxylation sites is 1. The van der Waals surface area contributed by atoms with E-state index in [1.807, 2.05) is 23.1 Å². The molecule has 1 saturated carbocycles. The summed E-state index contributed by atoms with van der Waals surface area (Å²) in [5.74, 6) is 0.629. The van der Waals surface area contributed by atoms with Gasteiger partial charge >= 0.3 is 0 Å². The van der Waals surface area contributed by atoms with Crippen LogP contribution in [0.3, 0.4) is 0 Å². The van der Waals surface area contributed by atoms with Gasteiger partial charge in [0, 0.05) is 48.4 Å². The lowest BCUT2D eigenvalue weighted by Gasteiger charge is -2.45. The third-order valence-electron chi connectivity index (χ3n) is 11.1. The van der Waals surface area contributed by atoms with Gasteiger partial charge in [0.1, 0.15) is 17.3 Å². The number of thiazole rings is 1. The molecule has 11 heteroatoms. The maximum atomic E-state index is 17.0. The number of carbonyl (C=O) groups is 1. The summed E-state index contributed by atoms with van der Waals surface area (Å²) in [6.45, 7) is 8.29. The van der Waals surface area contributed by atoms with Gasteiger partial charge in [-0.3, -0.25) is 14.7 Å². The number of hydrogen-bond acceptors (Lipinski definition) is 8. The van der Waals surface area contributed by atoms with Crippen molar-refractivity contribution in [1.82, 2.24) is 29.3 Å². The van der Waals surface area contributed by atoms with Crippen LogP contribution in [0.5, 0.6) is 5.88 Å². The third-order valence-corrected chi connectivity index (χ3v) is 11.9. The average Bonchev–Trinajstić information content (AvgIpc) is 3.86. The molecule has 5 aromatic rings. The van der Waals surface area contributed by atoms with Crippen molar-refractivity contribution in [3.63, 3.8) is 0 Å². The Kier molecular flexibility index (Phi) is 7.69. The monoisotopic (exact) mass is 655 g/mol. The molecule has 3 fully saturated rings. The molecule has 9 nitrogen and oxygen atoms in total. The maximum absolute atomic E-state index is 17.0. The van der Waals surface area contributed by atoms with Crippen molar-refractivity contribution in [2.24, 2.45) is 17.6 Å². The molecule has 2 saturated heterocycles. The minimum absolute atomic E-state index is 0.0623. The Labute approximate surface area is 277 Å². The van der Waals surface area contributed by atoms with E-state index in [4.69, 9.17) is 20.4 Å². The van der Waals surface area contributed by atoms with Gasteiger partial charge in [-0.25, -0.2) is 14.4 Å². The van der Waals surface area contributed by atoms with Crippen molar-refractivity contribution in [1.29, 1.82) is 0 Å². The van der Waals surface area contributed by atoms with Crippen LogP contribution in [0.2, 0.25) is 0 Å². The van der Waals surface area contributed by atoms with Gasteiger partial charge in [0.25, 0.3) is 0 Å². The molecule has 1 amide bonds. The third kappa shape index (κ3) is 4.84. The normalized spacial score (nSPS) is 25.7. The van der Waals surface area contributed by atoms with Gasteiger partial charge in [-0.1, -0.05) is 19.1 Å². The fourth-order valence-corrected chi connectivity index (χ4v) is 9.50. The van der Waals surface area contributed by atoms with Crippen molar-refractivity contribution >= 4 is 49.3 Å². The number of hydrogen-bond donors (Lipinski definition) is 1. The highest BCUT2D eigenvalue weighted by atomic mass is 32.1. The molecule has 3 aliphatic rings. The summed E-state index contributed by atoms with van der Waals surface area (Å²) in [5, 5.41) is 1.47. The van der Waals surface area contributed by atoms with E-state index >= 15 is 4.39 Å². The Hall–Kier alpha value is -3.67. The van der Waals surface area contributed by atoms with Gasteiger partial charge < -0.3 is 19.9 Å². The van der Waals surface area contributed by atoms with E-state index in [1.165, 1.54) is 11.3 Å². The largest absolute Gasteiger partial charge is 0.472 e. The van der Waals surface area contributed by atoms with Crippen LogP contribution in [-0.2, 0) is 4.79 Å². The quantitative estimate of drug-likeness (QED) is 0.208. The predicted octanol–water partition coefficient (Wildman–Crippen LogP) is 6.70. The van der Waals surface area contributed by atoms with Crippen molar-refractivity contribution in [3.8, 4) is 17.1 Å². The fourth-order valence-electron chi connectivity index (χ4n) is 8.80. The molecular formula is C36H42FN7O2S. The molecule has 0 spiro atoms. The number of rotatable bonds is 7. The van der Waals surface area contributed by atoms with Gasteiger partial charge in [0.05, 0.1) is 32.7 Å². The Morgan fingerprint density at radius 3 is 2.74 bits per heavy atom. The molecule has 0 bridgehead atoms. The number of amides is 1. The number of nitrogens with zero attached hydrogens (tertiary/aromatic N) is 6. The summed E-state index contributed by atoms with van der Waals surface area (Å²) in [7, 11) is 2.13. The number of nitrogens with two attached hydrogens (primary N) is 1. The molecule has 47 heavy (non-hydrogen) atoms. The number of halogens is 1. The number of carbonyl (C=O) groups excluding carboxylic acids is 1. The lowest BCUT2D eigenvalue weighted by molar-refractivity contribution is -0.129. The number of fused-ring (bicyclic) bond motifs is 4. The summed E-state index contributed by atoms with van der Waals surface area (Å²) in [6, 6.07) is 8.18. The van der Waals surface area contributed by atoms with Crippen LogP contribution in [0, 0.1) is 17.7 Å². The zero-order valence-electron chi connectivity index (χ0n) is 27.4. The van der Waals surface area contributed by atoms with Crippen molar-refractivity contribution in [3.05, 3.63) is 47.5 Å². The van der Waals surface area contributed by atoms with Crippen LogP contribution >= 0.6 is 11.3 Å². The van der Waals surface area contributed by atoms with E-state index in [1.54, 1.807) is 18.6 Å². The first-order valence-electron chi connectivity index (χ1n) is 17.0. The predicted molar refractivity (Wildman–Crippen MR) is 184 cm³/mol. The van der Waals surface area contributed by atoms with E-state index in [0.29, 0.717) is 29.3 Å². The second-order valence-electron chi connectivity index (χ2n) is 13.9. The number of aromatic nitrogens is 4. The van der Waals surface area contributed by atoms with Crippen molar-refractivity contribution in [2.45, 2.75) is 77.1 Å². The first-order chi connectivity index (χ1) is 22.8. The van der Waals surface area contributed by atoms with E-state index in [9.17, 15) is 4.79 Å². The highest BCUT2D eigenvalue weighted by Crippen LogP contribution is 2.51. The van der Waals surface area contributed by atoms with Crippen LogP contribution in [-0.4, -0.2) is 74.1 Å². The molecule has 6 heterocycles. The standard InChI is InChI=1S/C36H42FN7O2S/c1-19-14-22(16-38)34(19)44-28(27-10-7-13-43(27)21(3)45)15-24-35(44)25-17-39-32(23-8-5-11-29-31(23)40-18-47-29)30(37)33(25)41-36(24)46-20(2)26-9-6-12-42(26)4/h5,8,11,15,17-20,22,26-27,34H,6-7,9-10,12-14,16,38H2,1-4H3/t19-,20-,22+,26-,27+,34+/m0/s1. The van der Waals surface area contributed by atoms with E-state index < -0.39 is 5.82 Å². The average molecular weight is 656 g/mol. The molecule has 246 valence electrons. The van der Waals surface area contributed by atoms with Gasteiger partial charge in [-0.2, -0.15) is 0 Å². The summed E-state index contributed by atoms with van der Waals surface area (Å²) in [4.78, 5) is 31.5. The molecular weight excluding hydrogens is 614 g/mol. The number of likely N-dealkylation sites (N-methyl/N-ethyl adjacent to an activating group) is 1. The SMILES string of the molecule is CC(=O)N1CCC[C@@H]1c1cc2c(O[C@@H](C)[C@@H]3CCCN3C)nc3c(F)c(-c4cccc5scnc45)ncc3c2n1[C@H]1[C@@H](CN)C[C@@H]1C. The lowest BCUT2D eigenvalue weighted by atomic mass is 9.70. The Balaban J connectivity index is 1.41. The topological polar surface area (TPSA) is 102 Å². The number of ether oxygens (including phenoxy) is 1. The highest BCUT2D eigenvalue weighted by molar-refractivity contribution is 7.16. The van der Waals surface area contributed by atoms with Crippen LogP contribution in [0.25, 0.3) is 43.3 Å². The van der Waals surface area contributed by atoms with Crippen molar-refractivity contribution in [2.75, 3.05) is 26.7 Å². The lowest BCUT2D eigenvalue weighted by Crippen LogP contribution is -2.42. The van der Waals surface area contributed by atoms with E-state index in [2.05, 4.69) is 41.4 Å². The van der Waals surface area contributed by atoms with Gasteiger partial charge in [0.15, 0.2) is 5.82 Å². The van der Waals surface area contributed by atoms with Crippen LogP contribution < -0.4 is 10.5 Å². The zero-order valence-corrected chi connectivity index (χ0v) is 28.3. The molecule has 4 aromatic heterocycles. The molecule has 6 atom stereocenters. The Bertz CT molecular complexity index is 2010. The number of benzene rings is 1. The summed E-state index contributed by atoms with van der Waals surface area (Å²) >= 11 is 1.52.